The van der Waals surface area contributed by atoms with Gasteiger partial charge in [-0.05, 0) is 31.7 Å². The van der Waals surface area contributed by atoms with Crippen LogP contribution in [0.5, 0.6) is 0 Å². The molecule has 5 nitrogen and oxygen atoms in total. The van der Waals surface area contributed by atoms with Crippen LogP contribution in [0.4, 0.5) is 0 Å². The quantitative estimate of drug-likeness (QED) is 0.577. The van der Waals surface area contributed by atoms with Gasteiger partial charge in [0.2, 0.25) is 0 Å². The lowest BCUT2D eigenvalue weighted by Gasteiger charge is -2.56. The molecule has 0 N–H and O–H groups in total. The van der Waals surface area contributed by atoms with Crippen molar-refractivity contribution in [3.05, 3.63) is 24.2 Å². The Morgan fingerprint density at radius 1 is 1.20 bits per heavy atom. The van der Waals surface area contributed by atoms with Gasteiger partial charge in [-0.15, -0.1) is 0 Å². The van der Waals surface area contributed by atoms with Crippen LogP contribution < -0.4 is 0 Å². The summed E-state index contributed by atoms with van der Waals surface area (Å²) in [6.45, 7) is 6.19. The lowest BCUT2D eigenvalue weighted by molar-refractivity contribution is -0.173. The maximum Gasteiger partial charge on any atom is 0.313 e. The second-order valence-corrected chi connectivity index (χ2v) is 8.82. The van der Waals surface area contributed by atoms with Crippen LogP contribution >= 0.6 is 0 Å². The van der Waals surface area contributed by atoms with E-state index in [1.807, 2.05) is 13.0 Å². The molecule has 3 heterocycles. The Kier molecular flexibility index (Phi) is 2.85. The fraction of sp³-hybridized carbons (Fsp3) is 0.700. The van der Waals surface area contributed by atoms with Crippen molar-refractivity contribution < 1.29 is 23.5 Å². The molecule has 0 radical (unpaired) electrons. The minimum Gasteiger partial charge on any atom is -0.472 e. The number of cyclic esters (lactones) is 1. The first-order chi connectivity index (χ1) is 11.8. The SMILES string of the molecule is C[C@@H]1C(=O)C[C@@]2(C)[C@H](CC[C@H]3O[C@]32C)[C@]12C[C@H](c1ccoc1)OC2=O. The van der Waals surface area contributed by atoms with Gasteiger partial charge in [-0.25, -0.2) is 0 Å². The molecule has 1 aromatic heterocycles. The van der Waals surface area contributed by atoms with Gasteiger partial charge in [-0.2, -0.15) is 0 Å². The number of hydrogen-bond donors (Lipinski definition) is 0. The monoisotopic (exact) mass is 344 g/mol. The highest BCUT2D eigenvalue weighted by Gasteiger charge is 2.76. The summed E-state index contributed by atoms with van der Waals surface area (Å²) in [6.07, 6.45) is 6.07. The average molecular weight is 344 g/mol. The third kappa shape index (κ3) is 1.68. The molecule has 25 heavy (non-hydrogen) atoms. The molecule has 1 aromatic rings. The van der Waals surface area contributed by atoms with Gasteiger partial charge in [0.05, 0.1) is 29.6 Å². The zero-order chi connectivity index (χ0) is 17.6. The van der Waals surface area contributed by atoms with Crippen LogP contribution in [0.3, 0.4) is 0 Å². The van der Waals surface area contributed by atoms with Crippen molar-refractivity contribution >= 4 is 11.8 Å². The molecule has 2 aliphatic carbocycles. The molecule has 5 rings (SSSR count). The molecule has 4 aliphatic rings. The minimum atomic E-state index is -0.744. The summed E-state index contributed by atoms with van der Waals surface area (Å²) in [5.74, 6) is -0.242. The molecule has 2 saturated heterocycles. The highest BCUT2D eigenvalue weighted by molar-refractivity contribution is 5.92. The summed E-state index contributed by atoms with van der Waals surface area (Å²) in [4.78, 5) is 26.2. The van der Waals surface area contributed by atoms with Crippen molar-refractivity contribution in [3.63, 3.8) is 0 Å². The minimum absolute atomic E-state index is 0.112. The van der Waals surface area contributed by atoms with Gasteiger partial charge in [0.25, 0.3) is 0 Å². The Hall–Kier alpha value is -1.62. The molecule has 0 amide bonds. The zero-order valence-electron chi connectivity index (χ0n) is 14.9. The summed E-state index contributed by atoms with van der Waals surface area (Å²) >= 11 is 0. The molecule has 2 saturated carbocycles. The molecule has 4 fully saturated rings. The normalized spacial score (nSPS) is 51.2. The Morgan fingerprint density at radius 2 is 2.00 bits per heavy atom. The van der Waals surface area contributed by atoms with Crippen LogP contribution in [0.2, 0.25) is 0 Å². The van der Waals surface area contributed by atoms with Crippen LogP contribution in [0.25, 0.3) is 0 Å². The number of hydrogen-bond acceptors (Lipinski definition) is 5. The Balaban J connectivity index is 1.61. The van der Waals surface area contributed by atoms with Crippen molar-refractivity contribution in [2.75, 3.05) is 0 Å². The van der Waals surface area contributed by atoms with Crippen molar-refractivity contribution in [1.82, 2.24) is 0 Å². The Labute approximate surface area is 147 Å². The van der Waals surface area contributed by atoms with Crippen LogP contribution in [-0.4, -0.2) is 23.5 Å². The second-order valence-electron chi connectivity index (χ2n) is 8.82. The fourth-order valence-corrected chi connectivity index (χ4v) is 6.26. The van der Waals surface area contributed by atoms with Crippen LogP contribution in [0, 0.1) is 22.7 Å². The van der Waals surface area contributed by atoms with E-state index in [9.17, 15) is 9.59 Å². The third-order valence-corrected chi connectivity index (χ3v) is 8.05. The first-order valence-corrected chi connectivity index (χ1v) is 9.26. The van der Waals surface area contributed by atoms with E-state index in [0.717, 1.165) is 18.4 Å². The number of ketones is 1. The molecule has 5 heteroatoms. The fourth-order valence-electron chi connectivity index (χ4n) is 6.26. The number of carbonyl (C=O) groups excluding carboxylic acids is 2. The smallest absolute Gasteiger partial charge is 0.313 e. The first-order valence-electron chi connectivity index (χ1n) is 9.26. The lowest BCUT2D eigenvalue weighted by atomic mass is 9.44. The van der Waals surface area contributed by atoms with Crippen LogP contribution in [0.15, 0.2) is 23.0 Å². The average Bonchev–Trinajstić information content (AvgIpc) is 2.94. The van der Waals surface area contributed by atoms with Gasteiger partial charge in [-0.1, -0.05) is 13.8 Å². The lowest BCUT2D eigenvalue weighted by Crippen LogP contribution is -2.61. The van der Waals surface area contributed by atoms with E-state index in [1.54, 1.807) is 12.5 Å². The van der Waals surface area contributed by atoms with Gasteiger partial charge in [0.1, 0.15) is 11.9 Å². The topological polar surface area (TPSA) is 69.0 Å². The third-order valence-electron chi connectivity index (χ3n) is 8.05. The Bertz CT molecular complexity index is 754. The molecule has 0 unspecified atom stereocenters. The van der Waals surface area contributed by atoms with Crippen molar-refractivity contribution in [2.45, 2.75) is 64.3 Å². The van der Waals surface area contributed by atoms with Gasteiger partial charge in [0, 0.05) is 29.7 Å². The van der Waals surface area contributed by atoms with E-state index >= 15 is 0 Å². The van der Waals surface area contributed by atoms with Gasteiger partial charge >= 0.3 is 5.97 Å². The van der Waals surface area contributed by atoms with Crippen molar-refractivity contribution in [3.8, 4) is 0 Å². The molecular weight excluding hydrogens is 320 g/mol. The molecule has 0 bridgehead atoms. The summed E-state index contributed by atoms with van der Waals surface area (Å²) in [7, 11) is 0. The largest absolute Gasteiger partial charge is 0.472 e. The van der Waals surface area contributed by atoms with E-state index < -0.39 is 5.41 Å². The van der Waals surface area contributed by atoms with Gasteiger partial charge in [-0.3, -0.25) is 9.59 Å². The zero-order valence-corrected chi connectivity index (χ0v) is 14.9. The van der Waals surface area contributed by atoms with E-state index in [2.05, 4.69) is 13.8 Å². The highest BCUT2D eigenvalue weighted by atomic mass is 16.6. The number of ether oxygens (including phenoxy) is 2. The molecule has 1 spiro atoms. The van der Waals surface area contributed by atoms with Crippen LogP contribution in [-0.2, 0) is 19.1 Å². The number of esters is 1. The van der Waals surface area contributed by atoms with Crippen molar-refractivity contribution in [2.24, 2.45) is 22.7 Å². The molecular formula is C20H24O5. The standard InChI is InChI=1S/C20H24O5/c1-11-13(21)8-18(2)15(4-5-16-19(18,3)25-16)20(11)9-14(24-17(20)22)12-6-7-23-10-12/h6-7,10-11,14-16H,4-5,8-9H2,1-3H3/t11-,14-,15+,16-,18+,19-,20+/m1/s1. The summed E-state index contributed by atoms with van der Waals surface area (Å²) < 4.78 is 17.0. The predicted molar refractivity (Wildman–Crippen MR) is 87.5 cm³/mol. The van der Waals surface area contributed by atoms with E-state index in [4.69, 9.17) is 13.9 Å². The molecule has 2 aliphatic heterocycles. The van der Waals surface area contributed by atoms with Gasteiger partial charge < -0.3 is 13.9 Å². The van der Waals surface area contributed by atoms with Crippen molar-refractivity contribution in [1.29, 1.82) is 0 Å². The summed E-state index contributed by atoms with van der Waals surface area (Å²) in [5, 5.41) is 0. The number of carbonyl (C=O) groups is 2. The first kappa shape index (κ1) is 15.6. The molecule has 134 valence electrons. The predicted octanol–water partition coefficient (Wildman–Crippen LogP) is 3.44. The van der Waals surface area contributed by atoms with Crippen LogP contribution in [0.1, 0.15) is 58.1 Å². The van der Waals surface area contributed by atoms with E-state index in [-0.39, 0.29) is 46.8 Å². The second kappa shape index (κ2) is 4.56. The highest BCUT2D eigenvalue weighted by Crippen LogP contribution is 2.71. The maximum absolute atomic E-state index is 13.2. The summed E-state index contributed by atoms with van der Waals surface area (Å²) in [6, 6.07) is 1.84. The number of furan rings is 1. The van der Waals surface area contributed by atoms with E-state index in [0.29, 0.717) is 12.8 Å². The number of epoxide rings is 1. The Morgan fingerprint density at radius 3 is 2.72 bits per heavy atom. The number of rotatable bonds is 1. The number of Topliss-reactive ketones (excluding diaryl/α,β-unsaturated/α-hetero) is 1. The number of fused-ring (bicyclic) bond motifs is 4. The maximum atomic E-state index is 13.2. The van der Waals surface area contributed by atoms with E-state index in [1.165, 1.54) is 0 Å². The van der Waals surface area contributed by atoms with Gasteiger partial charge in [0.15, 0.2) is 0 Å². The molecule has 0 aromatic carbocycles. The summed E-state index contributed by atoms with van der Waals surface area (Å²) in [5.41, 5.74) is -0.456. The molecule has 7 atom stereocenters.